The molecule has 0 unspecified atom stereocenters. The molecule has 0 fully saturated rings. The standard InChI is InChI=1S/C15H11NO4S/c1-7-3-4-11-8(5-7)13(18)12-14(21-11)10(17)6-9(16-12)15(19)20-2/h3-6H,1-2H3,(H,16,17). The molecule has 1 N–H and O–H groups in total. The summed E-state index contributed by atoms with van der Waals surface area (Å²) in [6.45, 7) is 1.89. The number of esters is 1. The monoisotopic (exact) mass is 301 g/mol. The molecule has 0 aliphatic carbocycles. The molecule has 0 bridgehead atoms. The summed E-state index contributed by atoms with van der Waals surface area (Å²) >= 11 is 1.23. The topological polar surface area (TPSA) is 76.2 Å². The maximum Gasteiger partial charge on any atom is 0.354 e. The molecule has 106 valence electrons. The fourth-order valence-electron chi connectivity index (χ4n) is 2.18. The summed E-state index contributed by atoms with van der Waals surface area (Å²) < 4.78 is 5.63. The zero-order valence-electron chi connectivity index (χ0n) is 11.4. The number of carbonyl (C=O) groups is 1. The highest BCUT2D eigenvalue weighted by atomic mass is 32.1. The number of aryl methyl sites for hydroxylation is 1. The predicted octanol–water partition coefficient (Wildman–Crippen LogP) is 2.20. The Morgan fingerprint density at radius 1 is 1.24 bits per heavy atom. The largest absolute Gasteiger partial charge is 0.464 e. The second-order valence-electron chi connectivity index (χ2n) is 4.67. The van der Waals surface area contributed by atoms with Crippen molar-refractivity contribution < 1.29 is 9.53 Å². The van der Waals surface area contributed by atoms with E-state index in [9.17, 15) is 14.4 Å². The van der Waals surface area contributed by atoms with Crippen molar-refractivity contribution in [3.8, 4) is 0 Å². The molecule has 0 radical (unpaired) electrons. The molecule has 2 heterocycles. The van der Waals surface area contributed by atoms with Crippen LogP contribution in [0.25, 0.3) is 20.3 Å². The zero-order chi connectivity index (χ0) is 15.1. The molecule has 0 aliphatic rings. The number of rotatable bonds is 1. The van der Waals surface area contributed by atoms with E-state index >= 15 is 0 Å². The number of benzene rings is 1. The zero-order valence-corrected chi connectivity index (χ0v) is 12.2. The van der Waals surface area contributed by atoms with Crippen LogP contribution in [-0.2, 0) is 4.74 Å². The third kappa shape index (κ3) is 2.13. The molecule has 0 aliphatic heterocycles. The Labute approximate surface area is 122 Å². The molecule has 0 amide bonds. The van der Waals surface area contributed by atoms with Gasteiger partial charge in [0.2, 0.25) is 5.43 Å². The van der Waals surface area contributed by atoms with Crippen molar-refractivity contribution in [1.82, 2.24) is 4.98 Å². The van der Waals surface area contributed by atoms with Crippen LogP contribution in [0.2, 0.25) is 0 Å². The van der Waals surface area contributed by atoms with Crippen molar-refractivity contribution in [1.29, 1.82) is 0 Å². The van der Waals surface area contributed by atoms with Gasteiger partial charge in [-0.15, -0.1) is 11.3 Å². The first-order valence-electron chi connectivity index (χ1n) is 6.20. The van der Waals surface area contributed by atoms with Crippen molar-refractivity contribution in [3.05, 3.63) is 56.0 Å². The van der Waals surface area contributed by atoms with Crippen LogP contribution in [0.1, 0.15) is 16.1 Å². The minimum Gasteiger partial charge on any atom is -0.464 e. The third-order valence-electron chi connectivity index (χ3n) is 3.21. The molecule has 0 saturated carbocycles. The van der Waals surface area contributed by atoms with E-state index in [1.807, 2.05) is 19.1 Å². The van der Waals surface area contributed by atoms with E-state index in [0.717, 1.165) is 16.3 Å². The Morgan fingerprint density at radius 2 is 2.00 bits per heavy atom. The van der Waals surface area contributed by atoms with E-state index in [1.54, 1.807) is 6.07 Å². The summed E-state index contributed by atoms with van der Waals surface area (Å²) in [4.78, 5) is 38.9. The van der Waals surface area contributed by atoms with E-state index < -0.39 is 5.97 Å². The van der Waals surface area contributed by atoms with Gasteiger partial charge in [-0.2, -0.15) is 0 Å². The number of ether oxygens (including phenoxy) is 1. The Morgan fingerprint density at radius 3 is 2.71 bits per heavy atom. The summed E-state index contributed by atoms with van der Waals surface area (Å²) in [6, 6.07) is 6.64. The number of carbonyl (C=O) groups excluding carboxylic acids is 1. The lowest BCUT2D eigenvalue weighted by Gasteiger charge is -2.04. The van der Waals surface area contributed by atoms with Crippen molar-refractivity contribution in [2.24, 2.45) is 0 Å². The van der Waals surface area contributed by atoms with Gasteiger partial charge in [0.15, 0.2) is 5.43 Å². The first-order chi connectivity index (χ1) is 10.0. The normalized spacial score (nSPS) is 11.0. The van der Waals surface area contributed by atoms with Gasteiger partial charge in [0.25, 0.3) is 0 Å². The molecular formula is C15H11NO4S. The Balaban J connectivity index is 2.49. The highest BCUT2D eigenvalue weighted by Gasteiger charge is 2.14. The van der Waals surface area contributed by atoms with E-state index in [1.165, 1.54) is 18.4 Å². The summed E-state index contributed by atoms with van der Waals surface area (Å²) in [7, 11) is 1.22. The first kappa shape index (κ1) is 13.5. The molecule has 3 rings (SSSR count). The van der Waals surface area contributed by atoms with Crippen molar-refractivity contribution in [2.45, 2.75) is 6.92 Å². The molecule has 6 heteroatoms. The van der Waals surface area contributed by atoms with E-state index in [-0.39, 0.29) is 22.1 Å². The molecule has 5 nitrogen and oxygen atoms in total. The molecule has 21 heavy (non-hydrogen) atoms. The number of H-pyrrole nitrogens is 1. The highest BCUT2D eigenvalue weighted by Crippen LogP contribution is 2.22. The number of pyridine rings is 1. The van der Waals surface area contributed by atoms with Crippen LogP contribution in [0.5, 0.6) is 0 Å². The lowest BCUT2D eigenvalue weighted by molar-refractivity contribution is 0.0594. The van der Waals surface area contributed by atoms with Gasteiger partial charge < -0.3 is 9.72 Å². The van der Waals surface area contributed by atoms with Crippen LogP contribution in [0, 0.1) is 6.92 Å². The number of aromatic amines is 1. The van der Waals surface area contributed by atoms with Gasteiger partial charge in [0, 0.05) is 16.2 Å². The van der Waals surface area contributed by atoms with Crippen LogP contribution in [0.3, 0.4) is 0 Å². The molecular weight excluding hydrogens is 290 g/mol. The van der Waals surface area contributed by atoms with E-state index in [4.69, 9.17) is 0 Å². The number of hydrogen-bond donors (Lipinski definition) is 1. The molecule has 0 atom stereocenters. The first-order valence-corrected chi connectivity index (χ1v) is 7.01. The molecule has 1 aromatic carbocycles. The minimum atomic E-state index is -0.678. The van der Waals surface area contributed by atoms with Gasteiger partial charge in [0.05, 0.1) is 7.11 Å². The molecule has 0 saturated heterocycles. The quantitative estimate of drug-likeness (QED) is 0.552. The average molecular weight is 301 g/mol. The van der Waals surface area contributed by atoms with Crippen LogP contribution >= 0.6 is 11.3 Å². The van der Waals surface area contributed by atoms with Crippen LogP contribution in [-0.4, -0.2) is 18.1 Å². The van der Waals surface area contributed by atoms with Crippen LogP contribution < -0.4 is 10.9 Å². The molecule has 0 spiro atoms. The second kappa shape index (κ2) is 4.82. The lowest BCUT2D eigenvalue weighted by Crippen LogP contribution is -2.15. The minimum absolute atomic E-state index is 0.0219. The Bertz CT molecular complexity index is 1000. The maximum absolute atomic E-state index is 12.5. The molecule has 3 aromatic rings. The van der Waals surface area contributed by atoms with E-state index in [2.05, 4.69) is 9.72 Å². The highest BCUT2D eigenvalue weighted by molar-refractivity contribution is 7.24. The lowest BCUT2D eigenvalue weighted by atomic mass is 10.1. The number of fused-ring (bicyclic) bond motifs is 2. The number of methoxy groups -OCH3 is 1. The average Bonchev–Trinajstić information content (AvgIpc) is 2.48. The number of hydrogen-bond acceptors (Lipinski definition) is 5. The summed E-state index contributed by atoms with van der Waals surface area (Å²) in [5, 5.41) is 0.533. The fraction of sp³-hybridized carbons (Fsp3) is 0.133. The smallest absolute Gasteiger partial charge is 0.354 e. The van der Waals surface area contributed by atoms with Crippen LogP contribution in [0.15, 0.2) is 33.9 Å². The van der Waals surface area contributed by atoms with Gasteiger partial charge in [-0.3, -0.25) is 9.59 Å². The number of aromatic nitrogens is 1. The third-order valence-corrected chi connectivity index (χ3v) is 4.40. The Kier molecular flexibility index (Phi) is 3.10. The van der Waals surface area contributed by atoms with Gasteiger partial charge in [-0.05, 0) is 19.1 Å². The van der Waals surface area contributed by atoms with E-state index in [0.29, 0.717) is 10.1 Å². The van der Waals surface area contributed by atoms with Crippen LogP contribution in [0.4, 0.5) is 0 Å². The van der Waals surface area contributed by atoms with Gasteiger partial charge in [-0.1, -0.05) is 11.6 Å². The second-order valence-corrected chi connectivity index (χ2v) is 5.73. The van der Waals surface area contributed by atoms with Crippen molar-refractivity contribution in [2.75, 3.05) is 7.11 Å². The number of nitrogens with one attached hydrogen (secondary N) is 1. The van der Waals surface area contributed by atoms with Gasteiger partial charge in [0.1, 0.15) is 15.9 Å². The van der Waals surface area contributed by atoms with Crippen molar-refractivity contribution >= 4 is 37.6 Å². The van der Waals surface area contributed by atoms with Crippen molar-refractivity contribution in [3.63, 3.8) is 0 Å². The van der Waals surface area contributed by atoms with Gasteiger partial charge in [-0.25, -0.2) is 4.79 Å². The fourth-order valence-corrected chi connectivity index (χ4v) is 3.21. The summed E-state index contributed by atoms with van der Waals surface area (Å²) in [5.41, 5.74) is 0.425. The summed E-state index contributed by atoms with van der Waals surface area (Å²) in [5.74, 6) is -0.678. The SMILES string of the molecule is COC(=O)c1cc(=O)c2sc3ccc(C)cc3c(=O)c2[nH]1. The van der Waals surface area contributed by atoms with Gasteiger partial charge >= 0.3 is 5.97 Å². The predicted molar refractivity (Wildman–Crippen MR) is 82.3 cm³/mol. The summed E-state index contributed by atoms with van der Waals surface area (Å²) in [6.07, 6.45) is 0. The molecule has 2 aromatic heterocycles. The Hall–Kier alpha value is -2.47. The maximum atomic E-state index is 12.5.